The zero-order valence-corrected chi connectivity index (χ0v) is 23.9. The summed E-state index contributed by atoms with van der Waals surface area (Å²) < 4.78 is 24.4. The zero-order valence-electron chi connectivity index (χ0n) is 22.9. The highest BCUT2D eigenvalue weighted by Crippen LogP contribution is 2.37. The molecule has 8 heteroatoms. The van der Waals surface area contributed by atoms with Crippen molar-refractivity contribution in [2.24, 2.45) is 0 Å². The van der Waals surface area contributed by atoms with Crippen LogP contribution in [-0.4, -0.2) is 61.8 Å². The van der Waals surface area contributed by atoms with E-state index >= 15 is 0 Å². The molecule has 0 spiro atoms. The Bertz CT molecular complexity index is 1140. The second kappa shape index (κ2) is 12.5. The molecular formula is C31H38O7Si. The molecule has 3 aromatic rings. The van der Waals surface area contributed by atoms with Crippen molar-refractivity contribution >= 4 is 24.7 Å². The highest BCUT2D eigenvalue weighted by Gasteiger charge is 2.53. The maximum Gasteiger partial charge on any atom is 0.303 e. The summed E-state index contributed by atoms with van der Waals surface area (Å²) in [6, 6.07) is 29.8. The van der Waals surface area contributed by atoms with Crippen LogP contribution in [0, 0.1) is 0 Å². The van der Waals surface area contributed by atoms with E-state index in [4.69, 9.17) is 18.6 Å². The highest BCUT2D eigenvalue weighted by atomic mass is 28.4. The molecule has 208 valence electrons. The van der Waals surface area contributed by atoms with E-state index in [-0.39, 0.29) is 18.3 Å². The van der Waals surface area contributed by atoms with Crippen LogP contribution in [0.1, 0.15) is 33.3 Å². The lowest BCUT2D eigenvalue weighted by Crippen LogP contribution is -2.68. The molecule has 3 aromatic carbocycles. The molecule has 1 aliphatic heterocycles. The minimum absolute atomic E-state index is 0.00347. The molecular weight excluding hydrogens is 512 g/mol. The summed E-state index contributed by atoms with van der Waals surface area (Å²) in [4.78, 5) is 11.8. The van der Waals surface area contributed by atoms with Crippen molar-refractivity contribution < 1.29 is 33.6 Å². The minimum Gasteiger partial charge on any atom is -0.454 e. The highest BCUT2D eigenvalue weighted by molar-refractivity contribution is 6.99. The zero-order chi connectivity index (χ0) is 28.0. The van der Waals surface area contributed by atoms with Gasteiger partial charge in [-0.05, 0) is 21.0 Å². The average Bonchev–Trinajstić information content (AvgIpc) is 2.93. The number of aliphatic hydroxyl groups is 2. The standard InChI is InChI=1S/C31H38O7Si/c1-22(32)37-29-28(34)27(33)26(38-30(29)35-20-23-14-8-5-9-15-23)21-36-39(31(2,3)4,24-16-10-6-11-17-24)25-18-12-7-13-19-25/h5-19,26-30,33-34H,20-21H2,1-4H3/t26-,27+,28+,29-,30-/m1/s1. The van der Waals surface area contributed by atoms with E-state index in [2.05, 4.69) is 45.0 Å². The molecule has 1 saturated heterocycles. The van der Waals surface area contributed by atoms with Gasteiger partial charge in [-0.2, -0.15) is 0 Å². The van der Waals surface area contributed by atoms with Crippen molar-refractivity contribution in [3.8, 4) is 0 Å². The van der Waals surface area contributed by atoms with Crippen molar-refractivity contribution in [2.75, 3.05) is 6.61 Å². The van der Waals surface area contributed by atoms with Crippen LogP contribution in [-0.2, 0) is 30.0 Å². The lowest BCUT2D eigenvalue weighted by molar-refractivity contribution is -0.306. The smallest absolute Gasteiger partial charge is 0.303 e. The Morgan fingerprint density at radius 2 is 1.36 bits per heavy atom. The second-order valence-corrected chi connectivity index (χ2v) is 15.2. The Morgan fingerprint density at radius 3 is 1.85 bits per heavy atom. The van der Waals surface area contributed by atoms with Gasteiger partial charge in [0.15, 0.2) is 12.4 Å². The van der Waals surface area contributed by atoms with Gasteiger partial charge < -0.3 is 28.8 Å². The molecule has 0 unspecified atom stereocenters. The summed E-state index contributed by atoms with van der Waals surface area (Å²) in [5.41, 5.74) is 0.892. The van der Waals surface area contributed by atoms with Crippen LogP contribution in [0.15, 0.2) is 91.0 Å². The molecule has 4 rings (SSSR count). The Morgan fingerprint density at radius 1 is 0.846 bits per heavy atom. The third-order valence-electron chi connectivity index (χ3n) is 7.08. The first-order valence-corrected chi connectivity index (χ1v) is 15.1. The van der Waals surface area contributed by atoms with E-state index in [0.29, 0.717) is 0 Å². The Labute approximate surface area is 231 Å². The van der Waals surface area contributed by atoms with E-state index in [1.165, 1.54) is 6.92 Å². The monoisotopic (exact) mass is 550 g/mol. The lowest BCUT2D eigenvalue weighted by Gasteiger charge is -2.46. The fourth-order valence-electron chi connectivity index (χ4n) is 5.22. The third kappa shape index (κ3) is 6.49. The van der Waals surface area contributed by atoms with Gasteiger partial charge >= 0.3 is 5.97 Å². The summed E-state index contributed by atoms with van der Waals surface area (Å²) in [5, 5.41) is 24.0. The molecule has 0 aliphatic carbocycles. The SMILES string of the molecule is CC(=O)O[C@H]1[C@H](OCc2ccccc2)O[C@H](CO[Si](c2ccccc2)(c2ccccc2)C(C)(C)C)[C@H](O)[C@@H]1O. The first-order valence-electron chi connectivity index (χ1n) is 13.2. The Hall–Kier alpha value is -2.85. The molecule has 7 nitrogen and oxygen atoms in total. The summed E-state index contributed by atoms with van der Waals surface area (Å²) in [7, 11) is -2.92. The molecule has 0 radical (unpaired) electrons. The number of carbonyl (C=O) groups is 1. The van der Waals surface area contributed by atoms with Crippen molar-refractivity contribution in [3.63, 3.8) is 0 Å². The van der Waals surface area contributed by atoms with Crippen LogP contribution < -0.4 is 10.4 Å². The van der Waals surface area contributed by atoms with Gasteiger partial charge in [-0.3, -0.25) is 4.79 Å². The number of ether oxygens (including phenoxy) is 3. The Kier molecular flexibility index (Phi) is 9.38. The third-order valence-corrected chi connectivity index (χ3v) is 12.1. The quantitative estimate of drug-likeness (QED) is 0.312. The summed E-state index contributed by atoms with van der Waals surface area (Å²) in [6.45, 7) is 7.90. The molecule has 1 aliphatic rings. The molecule has 0 saturated carbocycles. The molecule has 5 atom stereocenters. The van der Waals surface area contributed by atoms with Crippen LogP contribution >= 0.6 is 0 Å². The molecule has 0 bridgehead atoms. The van der Waals surface area contributed by atoms with Gasteiger partial charge in [-0.25, -0.2) is 0 Å². The largest absolute Gasteiger partial charge is 0.454 e. The number of hydrogen-bond acceptors (Lipinski definition) is 7. The summed E-state index contributed by atoms with van der Waals surface area (Å²) >= 11 is 0. The predicted molar refractivity (Wildman–Crippen MR) is 151 cm³/mol. The molecule has 0 amide bonds. The maximum absolute atomic E-state index is 11.8. The van der Waals surface area contributed by atoms with E-state index in [1.807, 2.05) is 66.7 Å². The van der Waals surface area contributed by atoms with E-state index in [1.54, 1.807) is 0 Å². The lowest BCUT2D eigenvalue weighted by atomic mass is 9.99. The number of aliphatic hydroxyl groups excluding tert-OH is 2. The van der Waals surface area contributed by atoms with Gasteiger partial charge in [0.05, 0.1) is 13.2 Å². The number of hydrogen-bond donors (Lipinski definition) is 2. The van der Waals surface area contributed by atoms with Crippen molar-refractivity contribution in [3.05, 3.63) is 96.6 Å². The van der Waals surface area contributed by atoms with Crippen molar-refractivity contribution in [2.45, 2.75) is 70.0 Å². The average molecular weight is 551 g/mol. The topological polar surface area (TPSA) is 94.5 Å². The van der Waals surface area contributed by atoms with Gasteiger partial charge in [0.2, 0.25) is 0 Å². The molecule has 2 N–H and O–H groups in total. The number of esters is 1. The van der Waals surface area contributed by atoms with Crippen LogP contribution in [0.2, 0.25) is 5.04 Å². The molecule has 0 aromatic heterocycles. The van der Waals surface area contributed by atoms with Gasteiger partial charge in [-0.15, -0.1) is 0 Å². The van der Waals surface area contributed by atoms with Gasteiger partial charge in [0, 0.05) is 6.92 Å². The minimum atomic E-state index is -2.92. The normalized spacial score (nSPS) is 23.8. The maximum atomic E-state index is 11.8. The van der Waals surface area contributed by atoms with E-state index < -0.39 is 45.0 Å². The summed E-state index contributed by atoms with van der Waals surface area (Å²) in [5.74, 6) is -0.606. The molecule has 1 fully saturated rings. The Balaban J connectivity index is 1.63. The van der Waals surface area contributed by atoms with Crippen molar-refractivity contribution in [1.29, 1.82) is 0 Å². The number of carbonyl (C=O) groups excluding carboxylic acids is 1. The molecule has 1 heterocycles. The van der Waals surface area contributed by atoms with Crippen molar-refractivity contribution in [1.82, 2.24) is 0 Å². The van der Waals surface area contributed by atoms with Crippen LogP contribution in [0.3, 0.4) is 0 Å². The van der Waals surface area contributed by atoms with Gasteiger partial charge in [0.25, 0.3) is 8.32 Å². The first-order chi connectivity index (χ1) is 18.6. The first kappa shape index (κ1) is 29.1. The number of benzene rings is 3. The summed E-state index contributed by atoms with van der Waals surface area (Å²) in [6.07, 6.45) is -5.99. The van der Waals surface area contributed by atoms with Crippen LogP contribution in [0.5, 0.6) is 0 Å². The second-order valence-electron chi connectivity index (χ2n) is 10.9. The van der Waals surface area contributed by atoms with Crippen LogP contribution in [0.25, 0.3) is 0 Å². The van der Waals surface area contributed by atoms with E-state index in [0.717, 1.165) is 15.9 Å². The van der Waals surface area contributed by atoms with E-state index in [9.17, 15) is 15.0 Å². The fraction of sp³-hybridized carbons (Fsp3) is 0.387. The van der Waals surface area contributed by atoms with Gasteiger partial charge in [0.1, 0.15) is 18.3 Å². The fourth-order valence-corrected chi connectivity index (χ4v) is 9.79. The number of rotatable bonds is 9. The molecule has 39 heavy (non-hydrogen) atoms. The van der Waals surface area contributed by atoms with Crippen LogP contribution in [0.4, 0.5) is 0 Å². The predicted octanol–water partition coefficient (Wildman–Crippen LogP) is 3.16. The van der Waals surface area contributed by atoms with Gasteiger partial charge in [-0.1, -0.05) is 112 Å².